The van der Waals surface area contributed by atoms with Gasteiger partial charge in [0.25, 0.3) is 0 Å². The molecule has 0 aliphatic carbocycles. The van der Waals surface area contributed by atoms with Crippen LogP contribution < -0.4 is 11.1 Å². The Bertz CT molecular complexity index is 219. The van der Waals surface area contributed by atoms with Gasteiger partial charge in [-0.3, -0.25) is 10.4 Å². The molecule has 0 unspecified atom stereocenters. The minimum absolute atomic E-state index is 0.611. The summed E-state index contributed by atoms with van der Waals surface area (Å²) >= 11 is 0. The van der Waals surface area contributed by atoms with E-state index in [4.69, 9.17) is 11.1 Å². The Balaban J connectivity index is 3.15. The number of nitrogen functional groups attached to an aromatic ring is 1. The van der Waals surface area contributed by atoms with Crippen LogP contribution in [0.15, 0.2) is 18.5 Å². The first-order chi connectivity index (χ1) is 4.34. The number of pyridine rings is 1. The minimum atomic E-state index is 0.611. The standard InChI is InChI=1S/C6H7N3/c7-3-5-1-2-9-4-6(5)8/h1-4,7H,8H2/p+1. The Morgan fingerprint density at radius 1 is 1.67 bits per heavy atom. The average Bonchev–Trinajstić information content (AvgIpc) is 1.89. The Morgan fingerprint density at radius 2 is 2.44 bits per heavy atom. The van der Waals surface area contributed by atoms with E-state index in [0.29, 0.717) is 5.69 Å². The van der Waals surface area contributed by atoms with Gasteiger partial charge in [-0.1, -0.05) is 0 Å². The van der Waals surface area contributed by atoms with Crippen LogP contribution >= 0.6 is 0 Å². The maximum Gasteiger partial charge on any atom is 0.169 e. The average molecular weight is 122 g/mol. The molecular formula is C6H8N3+. The van der Waals surface area contributed by atoms with Crippen LogP contribution in [0.5, 0.6) is 0 Å². The first kappa shape index (κ1) is 5.75. The van der Waals surface area contributed by atoms with Crippen molar-refractivity contribution in [3.63, 3.8) is 0 Å². The maximum absolute atomic E-state index is 5.46. The van der Waals surface area contributed by atoms with Crippen molar-refractivity contribution in [2.75, 3.05) is 5.73 Å². The second kappa shape index (κ2) is 2.26. The van der Waals surface area contributed by atoms with Crippen LogP contribution in [-0.4, -0.2) is 11.2 Å². The van der Waals surface area contributed by atoms with Gasteiger partial charge in [0.1, 0.15) is 0 Å². The molecule has 1 aromatic rings. The zero-order chi connectivity index (χ0) is 6.69. The van der Waals surface area contributed by atoms with Crippen molar-refractivity contribution in [1.82, 2.24) is 4.98 Å². The summed E-state index contributed by atoms with van der Waals surface area (Å²) in [5.74, 6) is 0. The molecule has 9 heavy (non-hydrogen) atoms. The van der Waals surface area contributed by atoms with E-state index >= 15 is 0 Å². The molecule has 0 bridgehead atoms. The van der Waals surface area contributed by atoms with Gasteiger partial charge < -0.3 is 5.73 Å². The molecule has 1 aromatic heterocycles. The molecule has 0 radical (unpaired) electrons. The third-order valence-electron chi connectivity index (χ3n) is 1.07. The van der Waals surface area contributed by atoms with Gasteiger partial charge in [0.2, 0.25) is 0 Å². The molecule has 0 saturated carbocycles. The van der Waals surface area contributed by atoms with E-state index in [9.17, 15) is 0 Å². The molecule has 1 rings (SSSR count). The maximum atomic E-state index is 5.46. The van der Waals surface area contributed by atoms with Gasteiger partial charge in [-0.15, -0.1) is 0 Å². The Morgan fingerprint density at radius 3 is 2.89 bits per heavy atom. The van der Waals surface area contributed by atoms with Crippen LogP contribution in [0.3, 0.4) is 0 Å². The lowest BCUT2D eigenvalue weighted by Crippen LogP contribution is -2.30. The van der Waals surface area contributed by atoms with Gasteiger partial charge in [-0.05, 0) is 6.07 Å². The quantitative estimate of drug-likeness (QED) is 0.461. The van der Waals surface area contributed by atoms with Crippen molar-refractivity contribution in [2.45, 2.75) is 0 Å². The van der Waals surface area contributed by atoms with Crippen LogP contribution in [-0.2, 0) is 0 Å². The predicted octanol–water partition coefficient (Wildman–Crippen LogP) is -1.16. The molecule has 0 atom stereocenters. The lowest BCUT2D eigenvalue weighted by atomic mass is 10.2. The summed E-state index contributed by atoms with van der Waals surface area (Å²) in [7, 11) is 0. The zero-order valence-electron chi connectivity index (χ0n) is 4.91. The van der Waals surface area contributed by atoms with Gasteiger partial charge in [-0.25, -0.2) is 0 Å². The van der Waals surface area contributed by atoms with E-state index in [1.54, 1.807) is 18.5 Å². The highest BCUT2D eigenvalue weighted by molar-refractivity contribution is 5.82. The molecule has 3 heteroatoms. The van der Waals surface area contributed by atoms with Crippen molar-refractivity contribution in [1.29, 1.82) is 0 Å². The third kappa shape index (κ3) is 1.05. The third-order valence-corrected chi connectivity index (χ3v) is 1.07. The monoisotopic (exact) mass is 122 g/mol. The van der Waals surface area contributed by atoms with Gasteiger partial charge in [0, 0.05) is 6.20 Å². The summed E-state index contributed by atoms with van der Waals surface area (Å²) in [6.45, 7) is 0. The van der Waals surface area contributed by atoms with Gasteiger partial charge in [0.05, 0.1) is 17.4 Å². The van der Waals surface area contributed by atoms with Crippen molar-refractivity contribution >= 4 is 11.9 Å². The number of hydrogen-bond donors (Lipinski definition) is 2. The Labute approximate surface area is 53.0 Å². The number of rotatable bonds is 1. The zero-order valence-corrected chi connectivity index (χ0v) is 4.91. The van der Waals surface area contributed by atoms with Crippen molar-refractivity contribution in [2.24, 2.45) is 0 Å². The summed E-state index contributed by atoms with van der Waals surface area (Å²) in [4.78, 5) is 3.79. The molecule has 4 N–H and O–H groups in total. The first-order valence-corrected chi connectivity index (χ1v) is 2.59. The topological polar surface area (TPSA) is 64.5 Å². The molecule has 0 fully saturated rings. The van der Waals surface area contributed by atoms with Crippen LogP contribution in [0.2, 0.25) is 0 Å². The highest BCUT2D eigenvalue weighted by atomic mass is 14.7. The lowest BCUT2D eigenvalue weighted by Gasteiger charge is -1.91. The fourth-order valence-corrected chi connectivity index (χ4v) is 0.569. The molecule has 0 aliphatic rings. The van der Waals surface area contributed by atoms with Crippen molar-refractivity contribution in [3.05, 3.63) is 24.0 Å². The molecular weight excluding hydrogens is 114 g/mol. The molecule has 46 valence electrons. The number of nitrogens with two attached hydrogens (primary N) is 2. The fraction of sp³-hybridized carbons (Fsp3) is 0. The van der Waals surface area contributed by atoms with Gasteiger partial charge >= 0.3 is 0 Å². The number of hydrogen-bond acceptors (Lipinski definition) is 2. The second-order valence-electron chi connectivity index (χ2n) is 1.67. The normalized spacial score (nSPS) is 8.89. The number of aromatic nitrogens is 1. The molecule has 0 saturated heterocycles. The molecule has 3 nitrogen and oxygen atoms in total. The Kier molecular flexibility index (Phi) is 1.44. The van der Waals surface area contributed by atoms with Crippen molar-refractivity contribution in [3.8, 4) is 0 Å². The van der Waals surface area contributed by atoms with Crippen LogP contribution in [0.1, 0.15) is 5.56 Å². The van der Waals surface area contributed by atoms with Crippen LogP contribution in [0.4, 0.5) is 5.69 Å². The molecule has 0 amide bonds. The SMILES string of the molecule is Nc1cnccc1C=[NH2+]. The lowest BCUT2D eigenvalue weighted by molar-refractivity contribution is -0.104. The van der Waals surface area contributed by atoms with Gasteiger partial charge in [-0.2, -0.15) is 0 Å². The summed E-state index contributed by atoms with van der Waals surface area (Å²) in [5.41, 5.74) is 6.89. The molecule has 0 aromatic carbocycles. The van der Waals surface area contributed by atoms with E-state index < -0.39 is 0 Å². The summed E-state index contributed by atoms with van der Waals surface area (Å²) < 4.78 is 0. The molecule has 0 spiro atoms. The highest BCUT2D eigenvalue weighted by Crippen LogP contribution is 2.02. The predicted molar refractivity (Wildman–Crippen MR) is 35.7 cm³/mol. The van der Waals surface area contributed by atoms with E-state index in [1.807, 2.05) is 0 Å². The van der Waals surface area contributed by atoms with Crippen LogP contribution in [0, 0.1) is 0 Å². The van der Waals surface area contributed by atoms with E-state index in [-0.39, 0.29) is 0 Å². The van der Waals surface area contributed by atoms with Crippen molar-refractivity contribution < 1.29 is 5.41 Å². The van der Waals surface area contributed by atoms with Gasteiger partial charge in [0.15, 0.2) is 6.21 Å². The van der Waals surface area contributed by atoms with E-state index in [0.717, 1.165) is 5.56 Å². The summed E-state index contributed by atoms with van der Waals surface area (Å²) in [5, 5.41) is 5.22. The molecule has 0 aliphatic heterocycles. The number of nitrogens with zero attached hydrogens (tertiary/aromatic N) is 1. The molecule has 1 heterocycles. The summed E-state index contributed by atoms with van der Waals surface area (Å²) in [6.07, 6.45) is 4.67. The smallest absolute Gasteiger partial charge is 0.169 e. The van der Waals surface area contributed by atoms with Crippen LogP contribution in [0.25, 0.3) is 0 Å². The fourth-order valence-electron chi connectivity index (χ4n) is 0.569. The Hall–Kier alpha value is -1.38. The van der Waals surface area contributed by atoms with E-state index in [1.165, 1.54) is 6.21 Å². The van der Waals surface area contributed by atoms with E-state index in [2.05, 4.69) is 4.98 Å². The second-order valence-corrected chi connectivity index (χ2v) is 1.67. The largest absolute Gasteiger partial charge is 0.397 e. The number of anilines is 1. The highest BCUT2D eigenvalue weighted by Gasteiger charge is 1.93. The first-order valence-electron chi connectivity index (χ1n) is 2.59. The summed E-state index contributed by atoms with van der Waals surface area (Å²) in [6, 6.07) is 1.76. The minimum Gasteiger partial charge on any atom is -0.397 e.